The molecule has 0 saturated carbocycles. The second kappa shape index (κ2) is 7.23. The molecule has 86 valence electrons. The van der Waals surface area contributed by atoms with E-state index in [0.717, 1.165) is 25.7 Å². The minimum Gasteiger partial charge on any atom is -0.270 e. The lowest BCUT2D eigenvalue weighted by molar-refractivity contribution is 0.327. The van der Waals surface area contributed by atoms with Crippen LogP contribution in [0.3, 0.4) is 0 Å². The minimum absolute atomic E-state index is 0.243. The van der Waals surface area contributed by atoms with Gasteiger partial charge in [0.05, 0.1) is 11.9 Å². The average Bonchev–Trinajstić information content (AvgIpc) is 2.12. The molecule has 0 aliphatic heterocycles. The maximum Gasteiger partial charge on any atom is 0.270 e. The van der Waals surface area contributed by atoms with Gasteiger partial charge < -0.3 is 0 Å². The van der Waals surface area contributed by atoms with Crippen molar-refractivity contribution in [3.63, 3.8) is 0 Å². The zero-order valence-corrected chi connectivity index (χ0v) is 10.3. The first-order chi connectivity index (χ1) is 6.58. The summed E-state index contributed by atoms with van der Waals surface area (Å²) >= 11 is 0. The molecule has 1 unspecified atom stereocenters. The molecule has 1 atom stereocenters. The molecule has 0 spiro atoms. The molecule has 0 heterocycles. The van der Waals surface area contributed by atoms with E-state index in [9.17, 15) is 8.42 Å². The molecule has 0 saturated heterocycles. The number of rotatable bonds is 8. The van der Waals surface area contributed by atoms with Crippen LogP contribution in [0, 0.1) is 0 Å². The smallest absolute Gasteiger partial charge is 0.270 e. The first-order valence-corrected chi connectivity index (χ1v) is 6.93. The monoisotopic (exact) mass is 222 g/mol. The van der Waals surface area contributed by atoms with E-state index in [0.29, 0.717) is 6.42 Å². The summed E-state index contributed by atoms with van der Waals surface area (Å²) in [5, 5.41) is -0.311. The molecular weight excluding hydrogens is 200 g/mol. The molecule has 4 heteroatoms. The molecule has 0 aromatic carbocycles. The Morgan fingerprint density at radius 2 is 1.79 bits per heavy atom. The topological polar surface area (TPSA) is 43.4 Å². The zero-order chi connectivity index (χ0) is 11.0. The molecule has 0 N–H and O–H groups in total. The quantitative estimate of drug-likeness (QED) is 0.468. The maximum absolute atomic E-state index is 11.5. The van der Waals surface area contributed by atoms with Gasteiger partial charge in [0.1, 0.15) is 0 Å². The van der Waals surface area contributed by atoms with Gasteiger partial charge in [0, 0.05) is 0 Å². The van der Waals surface area contributed by atoms with Gasteiger partial charge >= 0.3 is 0 Å². The van der Waals surface area contributed by atoms with E-state index in [1.165, 1.54) is 0 Å². The van der Waals surface area contributed by atoms with Crippen LogP contribution in [-0.4, -0.2) is 20.3 Å². The van der Waals surface area contributed by atoms with E-state index in [2.05, 4.69) is 6.92 Å². The molecule has 0 amide bonds. The van der Waals surface area contributed by atoms with Crippen molar-refractivity contribution < 1.29 is 12.6 Å². The molecule has 0 aromatic heterocycles. The highest BCUT2D eigenvalue weighted by Gasteiger charge is 2.23. The van der Waals surface area contributed by atoms with E-state index in [1.807, 2.05) is 6.92 Å². The zero-order valence-electron chi connectivity index (χ0n) is 9.45. The highest BCUT2D eigenvalue weighted by atomic mass is 32.2. The third kappa shape index (κ3) is 4.96. The van der Waals surface area contributed by atoms with Gasteiger partial charge in [0.15, 0.2) is 0 Å². The Balaban J connectivity index is 4.11. The Kier molecular flexibility index (Phi) is 7.19. The molecule has 0 aliphatic rings. The van der Waals surface area contributed by atoms with Gasteiger partial charge in [-0.15, -0.1) is 0 Å². The van der Waals surface area contributed by atoms with Crippen LogP contribution < -0.4 is 0 Å². The third-order valence-corrected chi connectivity index (χ3v) is 4.23. The predicted molar refractivity (Wildman–Crippen MR) is 58.8 cm³/mol. The van der Waals surface area contributed by atoms with Crippen molar-refractivity contribution in [2.75, 3.05) is 6.61 Å². The molecule has 0 aromatic rings. The molecule has 0 bridgehead atoms. The molecular formula is C10H22O3S. The van der Waals surface area contributed by atoms with Crippen LogP contribution in [-0.2, 0) is 14.3 Å². The van der Waals surface area contributed by atoms with Crippen LogP contribution in [0.25, 0.3) is 0 Å². The molecule has 0 fully saturated rings. The van der Waals surface area contributed by atoms with Crippen LogP contribution in [0.1, 0.15) is 52.9 Å². The molecule has 0 aliphatic carbocycles. The van der Waals surface area contributed by atoms with Crippen LogP contribution in [0.5, 0.6) is 0 Å². The Morgan fingerprint density at radius 1 is 1.14 bits per heavy atom. The Bertz CT molecular complexity index is 222. The first-order valence-electron chi connectivity index (χ1n) is 5.46. The molecule has 14 heavy (non-hydrogen) atoms. The van der Waals surface area contributed by atoms with Crippen LogP contribution in [0.4, 0.5) is 0 Å². The van der Waals surface area contributed by atoms with Crippen molar-refractivity contribution in [2.45, 2.75) is 58.1 Å². The third-order valence-electron chi connectivity index (χ3n) is 2.28. The lowest BCUT2D eigenvalue weighted by Crippen LogP contribution is -2.22. The SMILES string of the molecule is CCCCCC(CC)S(=O)(=O)OCC. The van der Waals surface area contributed by atoms with E-state index in [1.54, 1.807) is 6.92 Å². The van der Waals surface area contributed by atoms with Crippen LogP contribution in [0.15, 0.2) is 0 Å². The van der Waals surface area contributed by atoms with Crippen molar-refractivity contribution in [3.8, 4) is 0 Å². The fraction of sp³-hybridized carbons (Fsp3) is 1.00. The van der Waals surface area contributed by atoms with Crippen molar-refractivity contribution in [2.24, 2.45) is 0 Å². The van der Waals surface area contributed by atoms with Gasteiger partial charge in [-0.25, -0.2) is 0 Å². The summed E-state index contributed by atoms with van der Waals surface area (Å²) in [6.07, 6.45) is 4.56. The van der Waals surface area contributed by atoms with Gasteiger partial charge in [-0.3, -0.25) is 4.18 Å². The fourth-order valence-electron chi connectivity index (χ4n) is 1.44. The van der Waals surface area contributed by atoms with Crippen molar-refractivity contribution >= 4 is 10.1 Å². The minimum atomic E-state index is -3.30. The van der Waals surface area contributed by atoms with Gasteiger partial charge in [-0.1, -0.05) is 33.1 Å². The van der Waals surface area contributed by atoms with Crippen LogP contribution >= 0.6 is 0 Å². The van der Waals surface area contributed by atoms with Crippen molar-refractivity contribution in [1.82, 2.24) is 0 Å². The van der Waals surface area contributed by atoms with E-state index in [-0.39, 0.29) is 11.9 Å². The lowest BCUT2D eigenvalue weighted by atomic mass is 10.1. The summed E-state index contributed by atoms with van der Waals surface area (Å²) in [7, 11) is -3.30. The summed E-state index contributed by atoms with van der Waals surface area (Å²) in [6, 6.07) is 0. The van der Waals surface area contributed by atoms with Crippen LogP contribution in [0.2, 0.25) is 0 Å². The lowest BCUT2D eigenvalue weighted by Gasteiger charge is -2.14. The predicted octanol–water partition coefficient (Wildman–Crippen LogP) is 2.71. The summed E-state index contributed by atoms with van der Waals surface area (Å²) in [4.78, 5) is 0. The van der Waals surface area contributed by atoms with Crippen molar-refractivity contribution in [1.29, 1.82) is 0 Å². The summed E-state index contributed by atoms with van der Waals surface area (Å²) in [5.74, 6) is 0. The highest BCUT2D eigenvalue weighted by Crippen LogP contribution is 2.16. The molecule has 0 rings (SSSR count). The first kappa shape index (κ1) is 13.9. The number of hydrogen-bond acceptors (Lipinski definition) is 3. The van der Waals surface area contributed by atoms with E-state index < -0.39 is 10.1 Å². The average molecular weight is 222 g/mol. The van der Waals surface area contributed by atoms with Gasteiger partial charge in [0.25, 0.3) is 10.1 Å². The van der Waals surface area contributed by atoms with Gasteiger partial charge in [-0.05, 0) is 19.8 Å². The Morgan fingerprint density at radius 3 is 2.21 bits per heavy atom. The fourth-order valence-corrected chi connectivity index (χ4v) is 2.82. The van der Waals surface area contributed by atoms with Gasteiger partial charge in [-0.2, -0.15) is 8.42 Å². The Labute approximate surface area is 88.0 Å². The number of unbranched alkanes of at least 4 members (excludes halogenated alkanes) is 2. The second-order valence-corrected chi connectivity index (χ2v) is 5.31. The highest BCUT2D eigenvalue weighted by molar-refractivity contribution is 7.87. The number of hydrogen-bond donors (Lipinski definition) is 0. The second-order valence-electron chi connectivity index (χ2n) is 3.43. The van der Waals surface area contributed by atoms with E-state index in [4.69, 9.17) is 4.18 Å². The standard InChI is InChI=1S/C10H22O3S/c1-4-7-8-9-10(5-2)14(11,12)13-6-3/h10H,4-9H2,1-3H3. The largest absolute Gasteiger partial charge is 0.270 e. The Hall–Kier alpha value is -0.0900. The molecule has 3 nitrogen and oxygen atoms in total. The summed E-state index contributed by atoms with van der Waals surface area (Å²) in [6.45, 7) is 5.95. The summed E-state index contributed by atoms with van der Waals surface area (Å²) < 4.78 is 27.9. The van der Waals surface area contributed by atoms with E-state index >= 15 is 0 Å². The summed E-state index contributed by atoms with van der Waals surface area (Å²) in [5.41, 5.74) is 0. The molecule has 0 radical (unpaired) electrons. The van der Waals surface area contributed by atoms with Gasteiger partial charge in [0.2, 0.25) is 0 Å². The normalized spacial score (nSPS) is 14.2. The van der Waals surface area contributed by atoms with Crippen molar-refractivity contribution in [3.05, 3.63) is 0 Å². The maximum atomic E-state index is 11.5.